The molecule has 0 aromatic heterocycles. The molecule has 0 bridgehead atoms. The molecule has 0 aliphatic rings. The predicted molar refractivity (Wildman–Crippen MR) is 158 cm³/mol. The van der Waals surface area contributed by atoms with Crippen LogP contribution in [0.3, 0.4) is 0 Å². The lowest BCUT2D eigenvalue weighted by Gasteiger charge is -2.22. The lowest BCUT2D eigenvalue weighted by atomic mass is 9.92. The van der Waals surface area contributed by atoms with Crippen molar-refractivity contribution in [3.63, 3.8) is 0 Å². The Morgan fingerprint density at radius 2 is 1.34 bits per heavy atom. The summed E-state index contributed by atoms with van der Waals surface area (Å²) in [6.45, 7) is 6.14. The Kier molecular flexibility index (Phi) is 17.0. The van der Waals surface area contributed by atoms with Crippen molar-refractivity contribution >= 4 is 41.3 Å². The summed E-state index contributed by atoms with van der Waals surface area (Å²) in [5, 5.41) is 32.4. The molecule has 0 aliphatic heterocycles. The number of Topliss-reactive ketones (excluding diaryl/α,β-unsaturated/α-hetero) is 2. The first-order valence-corrected chi connectivity index (χ1v) is 14.7. The lowest BCUT2D eigenvalue weighted by Crippen LogP contribution is -2.47. The molecule has 0 radical (unpaired) electrons. The zero-order valence-corrected chi connectivity index (χ0v) is 25.5. The Labute approximate surface area is 256 Å². The number of carboxylic acid groups (broad SMARTS) is 3. The van der Waals surface area contributed by atoms with E-state index in [2.05, 4.69) is 24.5 Å². The molecule has 3 atom stereocenters. The fourth-order valence-electron chi connectivity index (χ4n) is 4.47. The smallest absolute Gasteiger partial charge is 0.305 e. The highest BCUT2D eigenvalue weighted by atomic mass is 16.5. The summed E-state index contributed by atoms with van der Waals surface area (Å²) in [5.41, 5.74) is 1.19. The molecular formula is C31H44N2O11. The van der Waals surface area contributed by atoms with Gasteiger partial charge in [0, 0.05) is 19.4 Å². The minimum absolute atomic E-state index is 0.234. The largest absolute Gasteiger partial charge is 0.494 e. The van der Waals surface area contributed by atoms with Crippen LogP contribution >= 0.6 is 0 Å². The number of benzene rings is 1. The van der Waals surface area contributed by atoms with Gasteiger partial charge < -0.3 is 35.5 Å². The molecule has 44 heavy (non-hydrogen) atoms. The van der Waals surface area contributed by atoms with E-state index in [0.717, 1.165) is 31.9 Å². The minimum atomic E-state index is -1.65. The van der Waals surface area contributed by atoms with Gasteiger partial charge in [-0.1, -0.05) is 38.8 Å². The standard InChI is InChI=1S/C31H44N2O11/c1-19(2)21-9-8-10-24(14-21)44-12-7-5-4-6-11-32-30(42)23(17-28(38)39)15-26(35)25(18-29(40)41)33-31(43)22(13-20(3)34)16-27(36)37/h8-10,14,19,22-23,25H,4-7,11-13,15-18H2,1-3H3,(H,32,42)(H,33,43)(H,36,37)(H,38,39)(H,40,41)/t22-,23-,25-/m0/s1. The van der Waals surface area contributed by atoms with Crippen LogP contribution in [0, 0.1) is 11.8 Å². The molecule has 244 valence electrons. The van der Waals surface area contributed by atoms with Crippen molar-refractivity contribution in [2.75, 3.05) is 13.2 Å². The molecular weight excluding hydrogens is 576 g/mol. The molecule has 0 saturated heterocycles. The van der Waals surface area contributed by atoms with Crippen LogP contribution in [0.1, 0.15) is 90.0 Å². The number of hydrogen-bond acceptors (Lipinski definition) is 8. The maximum absolute atomic E-state index is 13.0. The van der Waals surface area contributed by atoms with E-state index in [1.807, 2.05) is 24.3 Å². The highest BCUT2D eigenvalue weighted by Gasteiger charge is 2.32. The molecule has 0 fully saturated rings. The molecule has 2 amide bonds. The normalized spacial score (nSPS) is 12.9. The number of ketones is 2. The highest BCUT2D eigenvalue weighted by Crippen LogP contribution is 2.20. The predicted octanol–water partition coefficient (Wildman–Crippen LogP) is 2.95. The summed E-state index contributed by atoms with van der Waals surface area (Å²) in [4.78, 5) is 83.7. The first-order chi connectivity index (χ1) is 20.7. The third kappa shape index (κ3) is 15.8. The van der Waals surface area contributed by atoms with Crippen LogP contribution in [0.15, 0.2) is 24.3 Å². The molecule has 0 heterocycles. The maximum Gasteiger partial charge on any atom is 0.305 e. The van der Waals surface area contributed by atoms with Gasteiger partial charge in [-0.15, -0.1) is 0 Å². The van der Waals surface area contributed by atoms with Gasteiger partial charge in [0.25, 0.3) is 0 Å². The number of carbonyl (C=O) groups is 7. The second kappa shape index (κ2) is 19.8. The van der Waals surface area contributed by atoms with E-state index in [1.54, 1.807) is 0 Å². The van der Waals surface area contributed by atoms with Crippen molar-refractivity contribution in [2.24, 2.45) is 11.8 Å². The monoisotopic (exact) mass is 620 g/mol. The van der Waals surface area contributed by atoms with Gasteiger partial charge in [0.05, 0.1) is 43.7 Å². The van der Waals surface area contributed by atoms with E-state index in [9.17, 15) is 43.8 Å². The Morgan fingerprint density at radius 1 is 0.750 bits per heavy atom. The second-order valence-corrected chi connectivity index (χ2v) is 11.1. The number of amides is 2. The van der Waals surface area contributed by atoms with E-state index < -0.39 is 91.3 Å². The van der Waals surface area contributed by atoms with Crippen molar-refractivity contribution in [3.05, 3.63) is 29.8 Å². The maximum atomic E-state index is 13.0. The van der Waals surface area contributed by atoms with Crippen LogP contribution in [0.25, 0.3) is 0 Å². The molecule has 0 spiro atoms. The van der Waals surface area contributed by atoms with E-state index in [4.69, 9.17) is 9.84 Å². The molecule has 5 N–H and O–H groups in total. The first kappa shape index (κ1) is 37.7. The summed E-state index contributed by atoms with van der Waals surface area (Å²) in [6.07, 6.45) is -0.401. The zero-order valence-electron chi connectivity index (χ0n) is 25.5. The number of carbonyl (C=O) groups excluding carboxylic acids is 4. The number of rotatable bonds is 23. The number of aliphatic carboxylic acids is 3. The fourth-order valence-corrected chi connectivity index (χ4v) is 4.47. The molecule has 1 aromatic rings. The van der Waals surface area contributed by atoms with Crippen molar-refractivity contribution in [3.8, 4) is 5.75 Å². The molecule has 1 rings (SSSR count). The second-order valence-electron chi connectivity index (χ2n) is 11.1. The van der Waals surface area contributed by atoms with Gasteiger partial charge in [0.2, 0.25) is 11.8 Å². The average Bonchev–Trinajstić information content (AvgIpc) is 2.92. The topological polar surface area (TPSA) is 213 Å². The molecule has 1 aromatic carbocycles. The average molecular weight is 621 g/mol. The molecule has 13 nitrogen and oxygen atoms in total. The van der Waals surface area contributed by atoms with Gasteiger partial charge in [-0.05, 0) is 43.4 Å². The minimum Gasteiger partial charge on any atom is -0.494 e. The first-order valence-electron chi connectivity index (χ1n) is 14.7. The number of ether oxygens (including phenoxy) is 1. The SMILES string of the molecule is CC(=O)C[C@@H](CC(=O)O)C(=O)N[C@@H](CC(=O)O)C(=O)C[C@@H](CC(=O)O)C(=O)NCCCCCCOc1cccc(C(C)C)c1. The summed E-state index contributed by atoms with van der Waals surface area (Å²) in [5.74, 6) is -8.72. The summed E-state index contributed by atoms with van der Waals surface area (Å²) in [6, 6.07) is 6.27. The van der Waals surface area contributed by atoms with Crippen molar-refractivity contribution in [2.45, 2.75) is 90.5 Å². The highest BCUT2D eigenvalue weighted by molar-refractivity contribution is 5.97. The Morgan fingerprint density at radius 3 is 1.91 bits per heavy atom. The molecule has 0 unspecified atom stereocenters. The third-order valence-corrected chi connectivity index (χ3v) is 6.81. The van der Waals surface area contributed by atoms with E-state index in [0.29, 0.717) is 18.9 Å². The van der Waals surface area contributed by atoms with E-state index in [1.165, 1.54) is 5.56 Å². The van der Waals surface area contributed by atoms with Gasteiger partial charge in [0.1, 0.15) is 11.5 Å². The van der Waals surface area contributed by atoms with Crippen molar-refractivity contribution in [1.82, 2.24) is 10.6 Å². The van der Waals surface area contributed by atoms with Crippen LogP contribution in [0.4, 0.5) is 0 Å². The third-order valence-electron chi connectivity index (χ3n) is 6.81. The zero-order chi connectivity index (χ0) is 33.2. The summed E-state index contributed by atoms with van der Waals surface area (Å²) < 4.78 is 5.80. The number of unbranched alkanes of at least 4 members (excludes halogenated alkanes) is 3. The quantitative estimate of drug-likeness (QED) is 0.112. The van der Waals surface area contributed by atoms with Crippen molar-refractivity contribution in [1.29, 1.82) is 0 Å². The van der Waals surface area contributed by atoms with Gasteiger partial charge in [-0.2, -0.15) is 0 Å². The molecule has 13 heteroatoms. The Balaban J connectivity index is 2.64. The van der Waals surface area contributed by atoms with Gasteiger partial charge >= 0.3 is 17.9 Å². The van der Waals surface area contributed by atoms with Crippen LogP contribution in [0.2, 0.25) is 0 Å². The summed E-state index contributed by atoms with van der Waals surface area (Å²) >= 11 is 0. The van der Waals surface area contributed by atoms with E-state index >= 15 is 0 Å². The number of carboxylic acids is 3. The fraction of sp³-hybridized carbons (Fsp3) is 0.581. The van der Waals surface area contributed by atoms with E-state index in [-0.39, 0.29) is 6.54 Å². The Hall–Kier alpha value is -4.29. The van der Waals surface area contributed by atoms with Crippen LogP contribution in [0.5, 0.6) is 5.75 Å². The summed E-state index contributed by atoms with van der Waals surface area (Å²) in [7, 11) is 0. The molecule has 0 aliphatic carbocycles. The van der Waals surface area contributed by atoms with Crippen LogP contribution in [-0.4, -0.2) is 75.8 Å². The Bertz CT molecular complexity index is 1150. The number of hydrogen-bond donors (Lipinski definition) is 5. The van der Waals surface area contributed by atoms with Crippen LogP contribution in [-0.2, 0) is 33.6 Å². The lowest BCUT2D eigenvalue weighted by molar-refractivity contribution is -0.144. The van der Waals surface area contributed by atoms with Gasteiger partial charge in [-0.3, -0.25) is 28.8 Å². The van der Waals surface area contributed by atoms with Gasteiger partial charge in [0.15, 0.2) is 5.78 Å². The number of nitrogens with one attached hydrogen (secondary N) is 2. The van der Waals surface area contributed by atoms with Gasteiger partial charge in [-0.25, -0.2) is 0 Å². The molecule has 0 saturated carbocycles. The van der Waals surface area contributed by atoms with Crippen molar-refractivity contribution < 1.29 is 53.6 Å². The van der Waals surface area contributed by atoms with Crippen LogP contribution < -0.4 is 15.4 Å².